The molecule has 2 rings (SSSR count). The molecule has 0 radical (unpaired) electrons. The number of nitrogens with zero attached hydrogens (tertiary/aromatic N) is 1. The van der Waals surface area contributed by atoms with Gasteiger partial charge in [-0.3, -0.25) is 9.79 Å². The molecule has 1 saturated heterocycles. The van der Waals surface area contributed by atoms with Crippen molar-refractivity contribution < 1.29 is 4.79 Å². The third kappa shape index (κ3) is 0.657. The second-order valence-electron chi connectivity index (χ2n) is 2.32. The summed E-state index contributed by atoms with van der Waals surface area (Å²) in [5.74, 6) is 0.0625. The second-order valence-corrected chi connectivity index (χ2v) is 2.32. The Morgan fingerprint density at radius 1 is 1.70 bits per heavy atom. The summed E-state index contributed by atoms with van der Waals surface area (Å²) >= 11 is 0. The first-order valence-electron chi connectivity index (χ1n) is 3.14. The van der Waals surface area contributed by atoms with E-state index >= 15 is 0 Å². The molecule has 2 heterocycles. The highest BCUT2D eigenvalue weighted by atomic mass is 16.1. The van der Waals surface area contributed by atoms with Gasteiger partial charge in [0.25, 0.3) is 0 Å². The molecule has 1 fully saturated rings. The number of nitrogens with one attached hydrogen (secondary N) is 2. The molecule has 52 valence electrons. The number of carbonyl (C=O) groups excluding carboxylic acids is 1. The molecule has 0 spiro atoms. The molecule has 10 heavy (non-hydrogen) atoms. The van der Waals surface area contributed by atoms with E-state index in [9.17, 15) is 4.79 Å². The lowest BCUT2D eigenvalue weighted by atomic mass is 10.0. The molecule has 0 aromatic carbocycles. The second kappa shape index (κ2) is 1.91. The van der Waals surface area contributed by atoms with Crippen LogP contribution in [0.3, 0.4) is 0 Å². The summed E-state index contributed by atoms with van der Waals surface area (Å²) in [5, 5.41) is 0. The van der Waals surface area contributed by atoms with Crippen LogP contribution in [-0.2, 0) is 4.79 Å². The molecular weight excluding hydrogens is 130 g/mol. The Kier molecular flexibility index (Phi) is 1.07. The van der Waals surface area contributed by atoms with Gasteiger partial charge >= 0.3 is 0 Å². The Morgan fingerprint density at radius 2 is 2.60 bits per heavy atom. The van der Waals surface area contributed by atoms with E-state index < -0.39 is 0 Å². The Balaban J connectivity index is 2.33. The number of fused-ring (bicyclic) bond motifs is 1. The lowest BCUT2D eigenvalue weighted by Crippen LogP contribution is -2.21. The van der Waals surface area contributed by atoms with Crippen LogP contribution in [-0.4, -0.2) is 18.5 Å². The van der Waals surface area contributed by atoms with Crippen LogP contribution >= 0.6 is 0 Å². The summed E-state index contributed by atoms with van der Waals surface area (Å²) in [6.07, 6.45) is 3.04. The van der Waals surface area contributed by atoms with Crippen LogP contribution in [0.4, 0.5) is 0 Å². The summed E-state index contributed by atoms with van der Waals surface area (Å²) < 4.78 is 0. The fourth-order valence-electron chi connectivity index (χ4n) is 1.11. The zero-order chi connectivity index (χ0) is 6.97. The molecule has 2 aliphatic rings. The van der Waals surface area contributed by atoms with E-state index in [1.165, 1.54) is 6.21 Å². The molecule has 0 aromatic rings. The van der Waals surface area contributed by atoms with Crippen LogP contribution in [0.1, 0.15) is 0 Å². The number of hydrazine groups is 1. The molecule has 0 aromatic heterocycles. The molecule has 1 atom stereocenters. The molecule has 0 aliphatic carbocycles. The van der Waals surface area contributed by atoms with E-state index in [-0.39, 0.29) is 11.7 Å². The average Bonchev–Trinajstić information content (AvgIpc) is 2.36. The Labute approximate surface area is 58.0 Å². The number of hydrogen-bond acceptors (Lipinski definition) is 4. The number of rotatable bonds is 0. The fraction of sp³-hybridized carbons (Fsp3) is 0.333. The monoisotopic (exact) mass is 137 g/mol. The van der Waals surface area contributed by atoms with Gasteiger partial charge in [0.05, 0.1) is 17.8 Å². The summed E-state index contributed by atoms with van der Waals surface area (Å²) in [4.78, 5) is 14.8. The number of Topliss-reactive ketones (excluding diaryl/α,β-unsaturated/α-hetero) is 1. The first-order valence-corrected chi connectivity index (χ1v) is 3.14. The number of carbonyl (C=O) groups is 1. The topological polar surface area (TPSA) is 53.5 Å². The SMILES string of the molecule is O=C1C=NC=C2NNCC12. The molecule has 4 nitrogen and oxygen atoms in total. The van der Waals surface area contributed by atoms with Crippen LogP contribution in [0.2, 0.25) is 0 Å². The molecular formula is C6H7N3O. The summed E-state index contributed by atoms with van der Waals surface area (Å²) in [6.45, 7) is 0.677. The Hall–Kier alpha value is -1.16. The lowest BCUT2D eigenvalue weighted by Gasteiger charge is -2.07. The molecule has 0 bridgehead atoms. The summed E-state index contributed by atoms with van der Waals surface area (Å²) in [5.41, 5.74) is 6.62. The third-order valence-corrected chi connectivity index (χ3v) is 1.67. The minimum Gasteiger partial charge on any atom is -0.323 e. The van der Waals surface area contributed by atoms with Crippen LogP contribution in [0.15, 0.2) is 16.9 Å². The van der Waals surface area contributed by atoms with Crippen molar-refractivity contribution in [1.82, 2.24) is 10.9 Å². The third-order valence-electron chi connectivity index (χ3n) is 1.67. The van der Waals surface area contributed by atoms with Gasteiger partial charge in [-0.15, -0.1) is 0 Å². The van der Waals surface area contributed by atoms with E-state index in [1.54, 1.807) is 6.20 Å². The van der Waals surface area contributed by atoms with Crippen molar-refractivity contribution in [3.05, 3.63) is 11.9 Å². The van der Waals surface area contributed by atoms with Gasteiger partial charge in [-0.25, -0.2) is 5.43 Å². The van der Waals surface area contributed by atoms with E-state index in [0.717, 1.165) is 5.70 Å². The molecule has 2 N–H and O–H groups in total. The maximum Gasteiger partial charge on any atom is 0.184 e. The maximum absolute atomic E-state index is 11.0. The molecule has 4 heteroatoms. The minimum absolute atomic E-state index is 0.0162. The van der Waals surface area contributed by atoms with Crippen molar-refractivity contribution in [2.75, 3.05) is 6.54 Å². The normalized spacial score (nSPS) is 29.4. The van der Waals surface area contributed by atoms with Crippen molar-refractivity contribution in [1.29, 1.82) is 0 Å². The molecule has 2 aliphatic heterocycles. The quantitative estimate of drug-likeness (QED) is 0.460. The summed E-state index contributed by atoms with van der Waals surface area (Å²) in [6, 6.07) is 0. The number of hydrogen-bond donors (Lipinski definition) is 2. The predicted octanol–water partition coefficient (Wildman–Crippen LogP) is -0.795. The van der Waals surface area contributed by atoms with Crippen molar-refractivity contribution >= 4 is 12.0 Å². The zero-order valence-corrected chi connectivity index (χ0v) is 5.29. The Morgan fingerprint density at radius 3 is 3.40 bits per heavy atom. The van der Waals surface area contributed by atoms with Gasteiger partial charge in [0.1, 0.15) is 0 Å². The highest BCUT2D eigenvalue weighted by Gasteiger charge is 2.27. The van der Waals surface area contributed by atoms with Crippen LogP contribution < -0.4 is 10.9 Å². The van der Waals surface area contributed by atoms with E-state index in [2.05, 4.69) is 15.8 Å². The van der Waals surface area contributed by atoms with E-state index in [4.69, 9.17) is 0 Å². The summed E-state index contributed by atoms with van der Waals surface area (Å²) in [7, 11) is 0. The molecule has 1 unspecified atom stereocenters. The standard InChI is InChI=1S/C6H7N3O/c10-6-3-7-2-5-4(6)1-8-9-5/h2-4,8-9H,1H2. The highest BCUT2D eigenvalue weighted by Crippen LogP contribution is 2.14. The van der Waals surface area contributed by atoms with E-state index in [0.29, 0.717) is 6.54 Å². The van der Waals surface area contributed by atoms with Crippen molar-refractivity contribution in [2.24, 2.45) is 10.9 Å². The Bertz CT molecular complexity index is 231. The number of aliphatic imine (C=N–C) groups is 1. The smallest absolute Gasteiger partial charge is 0.184 e. The van der Waals surface area contributed by atoms with Gasteiger partial charge in [0.15, 0.2) is 5.78 Å². The number of ketones is 1. The highest BCUT2D eigenvalue weighted by molar-refractivity contribution is 6.30. The maximum atomic E-state index is 11.0. The first-order chi connectivity index (χ1) is 4.88. The van der Waals surface area contributed by atoms with Gasteiger partial charge in [-0.1, -0.05) is 0 Å². The van der Waals surface area contributed by atoms with Crippen molar-refractivity contribution in [3.63, 3.8) is 0 Å². The molecule has 0 saturated carbocycles. The minimum atomic E-state index is -0.0162. The fourth-order valence-corrected chi connectivity index (χ4v) is 1.11. The van der Waals surface area contributed by atoms with Gasteiger partial charge < -0.3 is 5.43 Å². The first kappa shape index (κ1) is 5.61. The van der Waals surface area contributed by atoms with Gasteiger partial charge in [0, 0.05) is 12.7 Å². The predicted molar refractivity (Wildman–Crippen MR) is 36.2 cm³/mol. The van der Waals surface area contributed by atoms with Gasteiger partial charge in [-0.05, 0) is 0 Å². The largest absolute Gasteiger partial charge is 0.323 e. The van der Waals surface area contributed by atoms with Gasteiger partial charge in [0.2, 0.25) is 0 Å². The van der Waals surface area contributed by atoms with Crippen molar-refractivity contribution in [2.45, 2.75) is 0 Å². The zero-order valence-electron chi connectivity index (χ0n) is 5.29. The molecule has 0 amide bonds. The van der Waals surface area contributed by atoms with Crippen LogP contribution in [0.5, 0.6) is 0 Å². The van der Waals surface area contributed by atoms with Gasteiger partial charge in [-0.2, -0.15) is 0 Å². The van der Waals surface area contributed by atoms with Crippen molar-refractivity contribution in [3.8, 4) is 0 Å². The lowest BCUT2D eigenvalue weighted by molar-refractivity contribution is -0.114. The van der Waals surface area contributed by atoms with Crippen LogP contribution in [0.25, 0.3) is 0 Å². The van der Waals surface area contributed by atoms with Crippen LogP contribution in [0, 0.1) is 5.92 Å². The average molecular weight is 137 g/mol. The van der Waals surface area contributed by atoms with E-state index in [1.807, 2.05) is 0 Å².